The van der Waals surface area contributed by atoms with E-state index in [0.717, 1.165) is 11.8 Å². The first kappa shape index (κ1) is 15.2. The number of aromatic nitrogens is 2. The fraction of sp³-hybridized carbons (Fsp3) is 0.286. The Morgan fingerprint density at radius 2 is 1.86 bits per heavy atom. The lowest BCUT2D eigenvalue weighted by atomic mass is 9.87. The van der Waals surface area contributed by atoms with Crippen LogP contribution in [0.4, 0.5) is 5.69 Å². The lowest BCUT2D eigenvalue weighted by molar-refractivity contribution is -0.386. The van der Waals surface area contributed by atoms with Gasteiger partial charge in [-0.3, -0.25) is 10.1 Å². The predicted octanol–water partition coefficient (Wildman–Crippen LogP) is 4.13. The minimum absolute atomic E-state index is 0.0166. The van der Waals surface area contributed by atoms with Crippen LogP contribution in [0.15, 0.2) is 30.5 Å². The first-order chi connectivity index (χ1) is 9.77. The largest absolute Gasteiger partial charge is 0.434 e. The van der Waals surface area contributed by atoms with Gasteiger partial charge >= 0.3 is 11.6 Å². The molecular weight excluding hydrogens is 294 g/mol. The molecule has 7 heteroatoms. The zero-order valence-corrected chi connectivity index (χ0v) is 12.6. The van der Waals surface area contributed by atoms with Crippen LogP contribution in [-0.2, 0) is 5.41 Å². The average molecular weight is 308 g/mol. The van der Waals surface area contributed by atoms with E-state index in [2.05, 4.69) is 30.7 Å². The van der Waals surface area contributed by atoms with Gasteiger partial charge in [0.25, 0.3) is 0 Å². The fourth-order valence-electron chi connectivity index (χ4n) is 1.67. The topological polar surface area (TPSA) is 78.2 Å². The van der Waals surface area contributed by atoms with E-state index in [9.17, 15) is 10.1 Å². The van der Waals surface area contributed by atoms with Crippen LogP contribution in [0, 0.1) is 10.1 Å². The lowest BCUT2D eigenvalue weighted by Crippen LogP contribution is -2.10. The molecule has 6 nitrogen and oxygen atoms in total. The van der Waals surface area contributed by atoms with Gasteiger partial charge < -0.3 is 4.74 Å². The van der Waals surface area contributed by atoms with E-state index in [0.29, 0.717) is 5.75 Å². The number of rotatable bonds is 3. The number of nitro groups is 1. The Kier molecular flexibility index (Phi) is 4.09. The van der Waals surface area contributed by atoms with Crippen molar-refractivity contribution in [2.24, 2.45) is 0 Å². The van der Waals surface area contributed by atoms with E-state index in [-0.39, 0.29) is 22.3 Å². The molecule has 1 heterocycles. The highest BCUT2D eigenvalue weighted by atomic mass is 35.5. The quantitative estimate of drug-likeness (QED) is 0.484. The zero-order chi connectivity index (χ0) is 15.6. The fourth-order valence-corrected chi connectivity index (χ4v) is 1.80. The van der Waals surface area contributed by atoms with Crippen LogP contribution in [-0.4, -0.2) is 14.9 Å². The molecule has 0 radical (unpaired) electrons. The number of ether oxygens (including phenoxy) is 1. The Labute approximate surface area is 126 Å². The first-order valence-corrected chi connectivity index (χ1v) is 6.60. The van der Waals surface area contributed by atoms with Gasteiger partial charge in [-0.2, -0.15) is 4.98 Å². The summed E-state index contributed by atoms with van der Waals surface area (Å²) in [5.41, 5.74) is 0.812. The van der Waals surface area contributed by atoms with Gasteiger partial charge in [0.05, 0.1) is 4.92 Å². The third kappa shape index (κ3) is 3.66. The SMILES string of the molecule is CC(C)(C)c1ccc(Oc2nc(Cl)ncc2[N+](=O)[O-])cc1. The molecule has 21 heavy (non-hydrogen) atoms. The summed E-state index contributed by atoms with van der Waals surface area (Å²) in [6.07, 6.45) is 1.02. The third-order valence-electron chi connectivity index (χ3n) is 2.84. The molecular formula is C14H14ClN3O3. The molecule has 1 aromatic carbocycles. The van der Waals surface area contributed by atoms with Gasteiger partial charge in [-0.05, 0) is 34.7 Å². The van der Waals surface area contributed by atoms with Gasteiger partial charge in [-0.1, -0.05) is 32.9 Å². The number of halogens is 1. The molecule has 0 fully saturated rings. The number of benzene rings is 1. The van der Waals surface area contributed by atoms with Crippen molar-refractivity contribution in [3.8, 4) is 11.6 Å². The van der Waals surface area contributed by atoms with Crippen LogP contribution in [0.5, 0.6) is 11.6 Å². The second kappa shape index (κ2) is 5.65. The molecule has 2 aromatic rings. The normalized spacial score (nSPS) is 11.2. The van der Waals surface area contributed by atoms with Crippen molar-refractivity contribution in [1.82, 2.24) is 9.97 Å². The Hall–Kier alpha value is -2.21. The molecule has 0 aliphatic carbocycles. The van der Waals surface area contributed by atoms with E-state index in [4.69, 9.17) is 16.3 Å². The molecule has 0 saturated carbocycles. The highest BCUT2D eigenvalue weighted by molar-refractivity contribution is 6.28. The van der Waals surface area contributed by atoms with Crippen LogP contribution >= 0.6 is 11.6 Å². The van der Waals surface area contributed by atoms with Gasteiger partial charge in [-0.25, -0.2) is 4.98 Å². The first-order valence-electron chi connectivity index (χ1n) is 6.23. The molecule has 0 aliphatic rings. The monoisotopic (exact) mass is 307 g/mol. The third-order valence-corrected chi connectivity index (χ3v) is 3.02. The van der Waals surface area contributed by atoms with Crippen molar-refractivity contribution in [2.75, 3.05) is 0 Å². The molecule has 0 atom stereocenters. The van der Waals surface area contributed by atoms with Crippen molar-refractivity contribution >= 4 is 17.3 Å². The Morgan fingerprint density at radius 1 is 1.24 bits per heavy atom. The Morgan fingerprint density at radius 3 is 2.38 bits per heavy atom. The summed E-state index contributed by atoms with van der Waals surface area (Å²) in [7, 11) is 0. The highest BCUT2D eigenvalue weighted by Gasteiger charge is 2.20. The Bertz CT molecular complexity index is 666. The van der Waals surface area contributed by atoms with Gasteiger partial charge in [0, 0.05) is 0 Å². The van der Waals surface area contributed by atoms with E-state index < -0.39 is 4.92 Å². The summed E-state index contributed by atoms with van der Waals surface area (Å²) >= 11 is 5.65. The van der Waals surface area contributed by atoms with Crippen LogP contribution < -0.4 is 4.74 Å². The maximum atomic E-state index is 10.9. The van der Waals surface area contributed by atoms with Crippen LogP contribution in [0.25, 0.3) is 0 Å². The van der Waals surface area contributed by atoms with Crippen LogP contribution in [0.2, 0.25) is 5.28 Å². The van der Waals surface area contributed by atoms with Gasteiger partial charge in [-0.15, -0.1) is 0 Å². The molecule has 0 amide bonds. The summed E-state index contributed by atoms with van der Waals surface area (Å²) in [5.74, 6) is 0.268. The molecule has 110 valence electrons. The Balaban J connectivity index is 2.30. The summed E-state index contributed by atoms with van der Waals surface area (Å²) in [6.45, 7) is 6.29. The maximum absolute atomic E-state index is 10.9. The van der Waals surface area contributed by atoms with Gasteiger partial charge in [0.15, 0.2) is 0 Å². The molecule has 2 rings (SSSR count). The average Bonchev–Trinajstić information content (AvgIpc) is 2.38. The minimum Gasteiger partial charge on any atom is -0.434 e. The van der Waals surface area contributed by atoms with Crippen molar-refractivity contribution in [1.29, 1.82) is 0 Å². The van der Waals surface area contributed by atoms with E-state index in [1.807, 2.05) is 12.1 Å². The van der Waals surface area contributed by atoms with Gasteiger partial charge in [0.1, 0.15) is 11.9 Å². The minimum atomic E-state index is -0.616. The zero-order valence-electron chi connectivity index (χ0n) is 11.8. The highest BCUT2D eigenvalue weighted by Crippen LogP contribution is 2.31. The van der Waals surface area contributed by atoms with Gasteiger partial charge in [0.2, 0.25) is 5.28 Å². The maximum Gasteiger partial charge on any atom is 0.349 e. The molecule has 0 unspecified atom stereocenters. The molecule has 0 aliphatic heterocycles. The van der Waals surface area contributed by atoms with Crippen molar-refractivity contribution < 1.29 is 9.66 Å². The summed E-state index contributed by atoms with van der Waals surface area (Å²) in [6, 6.07) is 7.29. The van der Waals surface area contributed by atoms with Crippen molar-refractivity contribution in [2.45, 2.75) is 26.2 Å². The van der Waals surface area contributed by atoms with E-state index >= 15 is 0 Å². The van der Waals surface area contributed by atoms with Crippen LogP contribution in [0.1, 0.15) is 26.3 Å². The molecule has 0 N–H and O–H groups in total. The van der Waals surface area contributed by atoms with Crippen molar-refractivity contribution in [3.05, 3.63) is 51.4 Å². The smallest absolute Gasteiger partial charge is 0.349 e. The summed E-state index contributed by atoms with van der Waals surface area (Å²) in [4.78, 5) is 17.6. The molecule has 0 saturated heterocycles. The molecule has 0 spiro atoms. The molecule has 1 aromatic heterocycles. The summed E-state index contributed by atoms with van der Waals surface area (Å²) in [5, 5.41) is 10.8. The van der Waals surface area contributed by atoms with E-state index in [1.165, 1.54) is 0 Å². The molecule has 0 bridgehead atoms. The van der Waals surface area contributed by atoms with E-state index in [1.54, 1.807) is 12.1 Å². The van der Waals surface area contributed by atoms with Crippen LogP contribution in [0.3, 0.4) is 0 Å². The predicted molar refractivity (Wildman–Crippen MR) is 78.9 cm³/mol. The second-order valence-corrected chi connectivity index (χ2v) is 5.80. The number of nitrogens with zero attached hydrogens (tertiary/aromatic N) is 3. The standard InChI is InChI=1S/C14H14ClN3O3/c1-14(2,3)9-4-6-10(7-5-9)21-12-11(18(19)20)8-16-13(15)17-12/h4-8H,1-3H3. The number of hydrogen-bond donors (Lipinski definition) is 0. The second-order valence-electron chi connectivity index (χ2n) is 5.46. The van der Waals surface area contributed by atoms with Crippen molar-refractivity contribution in [3.63, 3.8) is 0 Å². The number of hydrogen-bond acceptors (Lipinski definition) is 5. The summed E-state index contributed by atoms with van der Waals surface area (Å²) < 4.78 is 5.44. The lowest BCUT2D eigenvalue weighted by Gasteiger charge is -2.19.